The Morgan fingerprint density at radius 1 is 1.20 bits per heavy atom. The molecular formula is C16H20N2O2. The summed E-state index contributed by atoms with van der Waals surface area (Å²) < 4.78 is 5.38. The molecule has 4 heteroatoms. The maximum Gasteiger partial charge on any atom is 0.226 e. The van der Waals surface area contributed by atoms with Crippen molar-refractivity contribution in [3.8, 4) is 0 Å². The van der Waals surface area contributed by atoms with Crippen molar-refractivity contribution in [3.05, 3.63) is 53.5 Å². The minimum Gasteiger partial charge on any atom is -0.467 e. The smallest absolute Gasteiger partial charge is 0.226 e. The van der Waals surface area contributed by atoms with Gasteiger partial charge in [-0.05, 0) is 36.2 Å². The van der Waals surface area contributed by atoms with E-state index in [1.165, 1.54) is 0 Å². The Labute approximate surface area is 119 Å². The molecule has 20 heavy (non-hydrogen) atoms. The Kier molecular flexibility index (Phi) is 4.45. The number of benzene rings is 1. The van der Waals surface area contributed by atoms with E-state index in [1.54, 1.807) is 25.3 Å². The van der Waals surface area contributed by atoms with Crippen LogP contribution < -0.4 is 5.32 Å². The molecule has 1 aromatic heterocycles. The summed E-state index contributed by atoms with van der Waals surface area (Å²) in [6, 6.07) is 9.86. The second-order valence-corrected chi connectivity index (χ2v) is 5.04. The molecule has 0 aliphatic carbocycles. The van der Waals surface area contributed by atoms with Gasteiger partial charge >= 0.3 is 0 Å². The largest absolute Gasteiger partial charge is 0.467 e. The van der Waals surface area contributed by atoms with Gasteiger partial charge in [0.15, 0.2) is 0 Å². The van der Waals surface area contributed by atoms with E-state index >= 15 is 0 Å². The molecule has 106 valence electrons. The first kappa shape index (κ1) is 14.2. The maximum atomic E-state index is 11.6. The van der Waals surface area contributed by atoms with Crippen LogP contribution in [0.15, 0.2) is 41.0 Å². The van der Waals surface area contributed by atoms with Gasteiger partial charge in [0.25, 0.3) is 0 Å². The number of hydrogen-bond donors (Lipinski definition) is 1. The average molecular weight is 272 g/mol. The van der Waals surface area contributed by atoms with Crippen LogP contribution in [0.4, 0.5) is 5.69 Å². The van der Waals surface area contributed by atoms with Crippen LogP contribution in [-0.4, -0.2) is 24.9 Å². The quantitative estimate of drug-likeness (QED) is 0.910. The van der Waals surface area contributed by atoms with E-state index in [2.05, 4.69) is 5.32 Å². The fourth-order valence-electron chi connectivity index (χ4n) is 1.84. The predicted octanol–water partition coefficient (Wildman–Crippen LogP) is 2.83. The second-order valence-electron chi connectivity index (χ2n) is 5.04. The van der Waals surface area contributed by atoms with E-state index in [0.29, 0.717) is 13.0 Å². The first-order valence-electron chi connectivity index (χ1n) is 6.62. The number of furan rings is 1. The summed E-state index contributed by atoms with van der Waals surface area (Å²) in [6.07, 6.45) is 2.13. The van der Waals surface area contributed by atoms with Crippen molar-refractivity contribution < 1.29 is 9.21 Å². The van der Waals surface area contributed by atoms with Crippen molar-refractivity contribution in [1.29, 1.82) is 0 Å². The second kappa shape index (κ2) is 6.28. The number of nitrogens with one attached hydrogen (secondary N) is 1. The van der Waals surface area contributed by atoms with Crippen molar-refractivity contribution in [3.63, 3.8) is 0 Å². The van der Waals surface area contributed by atoms with E-state index in [1.807, 2.05) is 37.3 Å². The number of rotatable bonds is 5. The van der Waals surface area contributed by atoms with Crippen LogP contribution in [0.25, 0.3) is 0 Å². The zero-order chi connectivity index (χ0) is 14.5. The Hall–Kier alpha value is -2.23. The molecule has 2 rings (SSSR count). The van der Waals surface area contributed by atoms with E-state index in [4.69, 9.17) is 4.42 Å². The molecular weight excluding hydrogens is 252 g/mol. The topological polar surface area (TPSA) is 45.5 Å². The summed E-state index contributed by atoms with van der Waals surface area (Å²) in [5, 5.41) is 3.30. The van der Waals surface area contributed by atoms with Crippen LogP contribution in [0, 0.1) is 6.92 Å². The highest BCUT2D eigenvalue weighted by Crippen LogP contribution is 2.14. The van der Waals surface area contributed by atoms with Crippen molar-refractivity contribution in [2.24, 2.45) is 0 Å². The molecule has 1 amide bonds. The van der Waals surface area contributed by atoms with Gasteiger partial charge in [0, 0.05) is 19.8 Å². The van der Waals surface area contributed by atoms with Gasteiger partial charge in [-0.2, -0.15) is 0 Å². The molecule has 2 aromatic rings. The van der Waals surface area contributed by atoms with Crippen LogP contribution in [-0.2, 0) is 17.8 Å². The molecule has 0 aliphatic heterocycles. The Morgan fingerprint density at radius 3 is 2.45 bits per heavy atom. The highest BCUT2D eigenvalue weighted by atomic mass is 16.3. The molecule has 1 N–H and O–H groups in total. The fourth-order valence-corrected chi connectivity index (χ4v) is 1.84. The van der Waals surface area contributed by atoms with E-state index in [-0.39, 0.29) is 5.91 Å². The molecule has 0 radical (unpaired) electrons. The third-order valence-electron chi connectivity index (χ3n) is 3.23. The highest BCUT2D eigenvalue weighted by Gasteiger charge is 2.05. The van der Waals surface area contributed by atoms with Crippen molar-refractivity contribution in [2.75, 3.05) is 19.4 Å². The minimum absolute atomic E-state index is 0.108. The van der Waals surface area contributed by atoms with Crippen LogP contribution in [0.1, 0.15) is 16.9 Å². The van der Waals surface area contributed by atoms with Crippen LogP contribution in [0.5, 0.6) is 0 Å². The van der Waals surface area contributed by atoms with Gasteiger partial charge in [0.2, 0.25) is 5.91 Å². The summed E-state index contributed by atoms with van der Waals surface area (Å²) in [6.45, 7) is 2.69. The molecule has 0 saturated heterocycles. The van der Waals surface area contributed by atoms with Gasteiger partial charge in [-0.25, -0.2) is 0 Å². The summed E-state index contributed by atoms with van der Waals surface area (Å²) in [4.78, 5) is 13.2. The fraction of sp³-hybridized carbons (Fsp3) is 0.312. The van der Waals surface area contributed by atoms with Gasteiger partial charge in [0.05, 0.1) is 19.2 Å². The van der Waals surface area contributed by atoms with Crippen molar-refractivity contribution >= 4 is 11.6 Å². The average Bonchev–Trinajstić information content (AvgIpc) is 2.83. The van der Waals surface area contributed by atoms with Crippen molar-refractivity contribution in [1.82, 2.24) is 4.90 Å². The molecule has 0 bridgehead atoms. The zero-order valence-corrected chi connectivity index (χ0v) is 12.1. The lowest BCUT2D eigenvalue weighted by Gasteiger charge is -2.10. The van der Waals surface area contributed by atoms with Gasteiger partial charge in [0.1, 0.15) is 5.76 Å². The molecule has 1 heterocycles. The van der Waals surface area contributed by atoms with E-state index in [9.17, 15) is 4.79 Å². The minimum atomic E-state index is 0.108. The van der Waals surface area contributed by atoms with E-state index in [0.717, 1.165) is 22.6 Å². The van der Waals surface area contributed by atoms with Gasteiger partial charge in [-0.15, -0.1) is 0 Å². The SMILES string of the molecule is Cc1ccoc1CNc1ccc(CC(=O)N(C)C)cc1. The number of carbonyl (C=O) groups is 1. The first-order chi connectivity index (χ1) is 9.56. The van der Waals surface area contributed by atoms with Gasteiger partial charge in [-0.3, -0.25) is 4.79 Å². The Bertz CT molecular complexity index is 570. The lowest BCUT2D eigenvalue weighted by molar-refractivity contribution is -0.127. The van der Waals surface area contributed by atoms with Crippen LogP contribution in [0.3, 0.4) is 0 Å². The molecule has 0 saturated carbocycles. The zero-order valence-electron chi connectivity index (χ0n) is 12.1. The maximum absolute atomic E-state index is 11.6. The molecule has 0 atom stereocenters. The summed E-state index contributed by atoms with van der Waals surface area (Å²) >= 11 is 0. The number of anilines is 1. The van der Waals surface area contributed by atoms with E-state index < -0.39 is 0 Å². The molecule has 4 nitrogen and oxygen atoms in total. The summed E-state index contributed by atoms with van der Waals surface area (Å²) in [5.74, 6) is 1.05. The van der Waals surface area contributed by atoms with Crippen molar-refractivity contribution in [2.45, 2.75) is 19.9 Å². The third-order valence-corrected chi connectivity index (χ3v) is 3.23. The molecule has 0 spiro atoms. The number of carbonyl (C=O) groups excluding carboxylic acids is 1. The number of aryl methyl sites for hydroxylation is 1. The number of amides is 1. The number of nitrogens with zero attached hydrogens (tertiary/aromatic N) is 1. The monoisotopic (exact) mass is 272 g/mol. The first-order valence-corrected chi connectivity index (χ1v) is 6.62. The molecule has 0 aliphatic rings. The summed E-state index contributed by atoms with van der Waals surface area (Å²) in [5.41, 5.74) is 3.18. The third kappa shape index (κ3) is 3.63. The molecule has 0 unspecified atom stereocenters. The Balaban J connectivity index is 1.91. The highest BCUT2D eigenvalue weighted by molar-refractivity contribution is 5.78. The number of likely N-dealkylation sites (N-methyl/N-ethyl adjacent to an activating group) is 1. The lowest BCUT2D eigenvalue weighted by atomic mass is 10.1. The predicted molar refractivity (Wildman–Crippen MR) is 79.6 cm³/mol. The molecule has 1 aromatic carbocycles. The van der Waals surface area contributed by atoms with Crippen LogP contribution in [0.2, 0.25) is 0 Å². The van der Waals surface area contributed by atoms with Crippen LogP contribution >= 0.6 is 0 Å². The normalized spacial score (nSPS) is 10.3. The van der Waals surface area contributed by atoms with Gasteiger partial charge < -0.3 is 14.6 Å². The lowest BCUT2D eigenvalue weighted by Crippen LogP contribution is -2.23. The van der Waals surface area contributed by atoms with Gasteiger partial charge in [-0.1, -0.05) is 12.1 Å². The standard InChI is InChI=1S/C16H20N2O2/c1-12-8-9-20-15(12)11-17-14-6-4-13(5-7-14)10-16(19)18(2)3/h4-9,17H,10-11H2,1-3H3. The molecule has 0 fully saturated rings. The Morgan fingerprint density at radius 2 is 1.90 bits per heavy atom. The summed E-state index contributed by atoms with van der Waals surface area (Å²) in [7, 11) is 3.54. The number of hydrogen-bond acceptors (Lipinski definition) is 3.